The smallest absolute Gasteiger partial charge is 0.321 e. The molecule has 0 atom stereocenters. The molecular weight excluding hydrogens is 193 g/mol. The number of nitrogens with one attached hydrogen (secondary N) is 1. The van der Waals surface area contributed by atoms with E-state index in [1.807, 2.05) is 0 Å². The van der Waals surface area contributed by atoms with E-state index in [9.17, 15) is 4.57 Å². The average molecular weight is 199 g/mol. The van der Waals surface area contributed by atoms with Gasteiger partial charge in [-0.1, -0.05) is 11.3 Å². The van der Waals surface area contributed by atoms with Crippen molar-refractivity contribution >= 4 is 23.9 Å². The van der Waals surface area contributed by atoms with Crippen molar-refractivity contribution in [3.05, 3.63) is 18.2 Å². The summed E-state index contributed by atoms with van der Waals surface area (Å²) in [6.45, 7) is 0. The van der Waals surface area contributed by atoms with E-state index in [0.29, 0.717) is 5.52 Å². The van der Waals surface area contributed by atoms with Crippen LogP contribution in [0.1, 0.15) is 0 Å². The summed E-state index contributed by atoms with van der Waals surface area (Å²) in [6.07, 6.45) is 0. The van der Waals surface area contributed by atoms with Gasteiger partial charge in [0, 0.05) is 0 Å². The van der Waals surface area contributed by atoms with Crippen molar-refractivity contribution in [1.29, 1.82) is 0 Å². The summed E-state index contributed by atoms with van der Waals surface area (Å²) in [5, 5.41) is 9.47. The highest BCUT2D eigenvalue weighted by Gasteiger charge is 2.21. The molecule has 1 aromatic heterocycles. The van der Waals surface area contributed by atoms with E-state index in [1.165, 1.54) is 12.1 Å². The Morgan fingerprint density at radius 3 is 2.85 bits per heavy atom. The normalized spacial score (nSPS) is 12.2. The van der Waals surface area contributed by atoms with Gasteiger partial charge in [-0.15, -0.1) is 5.10 Å². The van der Waals surface area contributed by atoms with Crippen molar-refractivity contribution in [3.8, 4) is 0 Å². The van der Waals surface area contributed by atoms with Crippen LogP contribution in [0, 0.1) is 0 Å². The van der Waals surface area contributed by atoms with Crippen LogP contribution >= 0.6 is 7.60 Å². The second-order valence-corrected chi connectivity index (χ2v) is 4.10. The molecule has 0 amide bonds. The lowest BCUT2D eigenvalue weighted by Gasteiger charge is -2.02. The van der Waals surface area contributed by atoms with Gasteiger partial charge in [0.2, 0.25) is 0 Å². The van der Waals surface area contributed by atoms with Crippen LogP contribution in [0.5, 0.6) is 0 Å². The van der Waals surface area contributed by atoms with E-state index in [-0.39, 0.29) is 10.8 Å². The third kappa shape index (κ3) is 1.35. The Kier molecular flexibility index (Phi) is 1.69. The van der Waals surface area contributed by atoms with Crippen LogP contribution in [-0.2, 0) is 4.57 Å². The first kappa shape index (κ1) is 8.37. The van der Waals surface area contributed by atoms with Crippen LogP contribution in [0.3, 0.4) is 0 Å². The maximum absolute atomic E-state index is 11.0. The highest BCUT2D eigenvalue weighted by Crippen LogP contribution is 2.35. The van der Waals surface area contributed by atoms with Crippen LogP contribution in [0.25, 0.3) is 11.0 Å². The molecular formula is C6H6N3O3P. The lowest BCUT2D eigenvalue weighted by molar-refractivity contribution is 0.387. The van der Waals surface area contributed by atoms with E-state index < -0.39 is 7.60 Å². The van der Waals surface area contributed by atoms with Crippen LogP contribution in [0.2, 0.25) is 0 Å². The Bertz CT molecular complexity index is 489. The highest BCUT2D eigenvalue weighted by atomic mass is 31.2. The third-order valence-electron chi connectivity index (χ3n) is 1.65. The van der Waals surface area contributed by atoms with Gasteiger partial charge < -0.3 is 9.79 Å². The predicted octanol–water partition coefficient (Wildman–Crippen LogP) is -0.239. The summed E-state index contributed by atoms with van der Waals surface area (Å²) in [5.74, 6) is 0. The second-order valence-electron chi connectivity index (χ2n) is 2.53. The number of nitrogens with zero attached hydrogens (tertiary/aromatic N) is 2. The van der Waals surface area contributed by atoms with Gasteiger partial charge in [-0.2, -0.15) is 0 Å². The zero-order valence-electron chi connectivity index (χ0n) is 6.38. The predicted molar refractivity (Wildman–Crippen MR) is 45.6 cm³/mol. The van der Waals surface area contributed by atoms with Gasteiger partial charge in [0.25, 0.3) is 0 Å². The second kappa shape index (κ2) is 2.63. The highest BCUT2D eigenvalue weighted by molar-refractivity contribution is 7.60. The SMILES string of the molecule is O=P(O)(O)c1cccc2[nH]nnc12. The number of hydrogen-bond donors (Lipinski definition) is 3. The Balaban J connectivity index is 2.83. The van der Waals surface area contributed by atoms with Crippen molar-refractivity contribution in [2.75, 3.05) is 0 Å². The van der Waals surface area contributed by atoms with E-state index in [0.717, 1.165) is 0 Å². The molecule has 0 aliphatic heterocycles. The molecule has 2 rings (SSSR count). The van der Waals surface area contributed by atoms with E-state index in [1.54, 1.807) is 6.07 Å². The average Bonchev–Trinajstić information content (AvgIpc) is 2.48. The third-order valence-corrected chi connectivity index (χ3v) is 2.64. The minimum atomic E-state index is -4.25. The first-order valence-electron chi connectivity index (χ1n) is 3.45. The van der Waals surface area contributed by atoms with Gasteiger partial charge in [0.15, 0.2) is 0 Å². The Labute approximate surface area is 72.7 Å². The van der Waals surface area contributed by atoms with Gasteiger partial charge in [-0.05, 0) is 12.1 Å². The largest absolute Gasteiger partial charge is 0.358 e. The van der Waals surface area contributed by atoms with Crippen LogP contribution < -0.4 is 5.30 Å². The number of rotatable bonds is 1. The number of aromatic amines is 1. The molecule has 13 heavy (non-hydrogen) atoms. The quantitative estimate of drug-likeness (QED) is 0.550. The molecule has 0 spiro atoms. The number of aromatic nitrogens is 3. The molecule has 6 nitrogen and oxygen atoms in total. The molecule has 0 bridgehead atoms. The number of fused-ring (bicyclic) bond motifs is 1. The summed E-state index contributed by atoms with van der Waals surface area (Å²) in [4.78, 5) is 17.9. The fourth-order valence-electron chi connectivity index (χ4n) is 1.09. The Morgan fingerprint density at radius 1 is 1.38 bits per heavy atom. The van der Waals surface area contributed by atoms with Crippen molar-refractivity contribution in [2.24, 2.45) is 0 Å². The molecule has 0 aliphatic rings. The Morgan fingerprint density at radius 2 is 2.15 bits per heavy atom. The van der Waals surface area contributed by atoms with Gasteiger partial charge >= 0.3 is 7.60 Å². The molecule has 0 radical (unpaired) electrons. The lowest BCUT2D eigenvalue weighted by atomic mass is 10.3. The number of benzene rings is 1. The molecule has 0 saturated carbocycles. The van der Waals surface area contributed by atoms with Crippen molar-refractivity contribution < 1.29 is 14.4 Å². The summed E-state index contributed by atoms with van der Waals surface area (Å²) in [5.41, 5.74) is 0.733. The summed E-state index contributed by atoms with van der Waals surface area (Å²) < 4.78 is 11.0. The minimum absolute atomic E-state index is 0.0984. The van der Waals surface area contributed by atoms with Crippen LogP contribution in [-0.4, -0.2) is 25.2 Å². The van der Waals surface area contributed by atoms with E-state index in [4.69, 9.17) is 9.79 Å². The minimum Gasteiger partial charge on any atom is -0.321 e. The molecule has 2 aromatic rings. The van der Waals surface area contributed by atoms with Crippen molar-refractivity contribution in [3.63, 3.8) is 0 Å². The molecule has 0 aliphatic carbocycles. The van der Waals surface area contributed by atoms with Gasteiger partial charge in [-0.25, -0.2) is 0 Å². The van der Waals surface area contributed by atoms with Crippen LogP contribution in [0.15, 0.2) is 18.2 Å². The summed E-state index contributed by atoms with van der Waals surface area (Å²) in [7, 11) is -4.25. The van der Waals surface area contributed by atoms with Crippen molar-refractivity contribution in [2.45, 2.75) is 0 Å². The van der Waals surface area contributed by atoms with Gasteiger partial charge in [0.05, 0.1) is 10.8 Å². The maximum atomic E-state index is 11.0. The van der Waals surface area contributed by atoms with Crippen molar-refractivity contribution in [1.82, 2.24) is 15.4 Å². The van der Waals surface area contributed by atoms with Gasteiger partial charge in [0.1, 0.15) is 5.52 Å². The fraction of sp³-hybridized carbons (Fsp3) is 0. The maximum Gasteiger partial charge on any atom is 0.358 e. The summed E-state index contributed by atoms with van der Waals surface area (Å²) >= 11 is 0. The molecule has 0 fully saturated rings. The topological polar surface area (TPSA) is 99.1 Å². The first-order chi connectivity index (χ1) is 6.09. The summed E-state index contributed by atoms with van der Waals surface area (Å²) in [6, 6.07) is 4.52. The van der Waals surface area contributed by atoms with E-state index >= 15 is 0 Å². The Hall–Kier alpha value is -1.23. The number of hydrogen-bond acceptors (Lipinski definition) is 3. The standard InChI is InChI=1S/C6H6N3O3P/c10-13(11,12)5-3-1-2-4-6(5)8-9-7-4/h1-3H,(H,7,8,9)(H2,10,11,12). The molecule has 1 heterocycles. The molecule has 1 aromatic carbocycles. The molecule has 0 saturated heterocycles. The lowest BCUT2D eigenvalue weighted by Crippen LogP contribution is -2.04. The van der Waals surface area contributed by atoms with E-state index in [2.05, 4.69) is 15.4 Å². The number of H-pyrrole nitrogens is 1. The van der Waals surface area contributed by atoms with Crippen LogP contribution in [0.4, 0.5) is 0 Å². The monoisotopic (exact) mass is 199 g/mol. The molecule has 68 valence electrons. The zero-order chi connectivity index (χ0) is 9.47. The zero-order valence-corrected chi connectivity index (χ0v) is 7.27. The molecule has 7 heteroatoms. The fourth-order valence-corrected chi connectivity index (χ4v) is 1.81. The first-order valence-corrected chi connectivity index (χ1v) is 5.06. The molecule has 0 unspecified atom stereocenters. The van der Waals surface area contributed by atoms with Gasteiger partial charge in [-0.3, -0.25) is 9.66 Å². The molecule has 3 N–H and O–H groups in total.